The number of aliphatic imine (C=N–C) groups is 1. The lowest BCUT2D eigenvalue weighted by molar-refractivity contribution is -0.140. The van der Waals surface area contributed by atoms with Crippen molar-refractivity contribution in [1.82, 2.24) is 0 Å². The van der Waals surface area contributed by atoms with Gasteiger partial charge < -0.3 is 21.9 Å². The lowest BCUT2D eigenvalue weighted by Gasteiger charge is -2.22. The highest BCUT2D eigenvalue weighted by atomic mass is 19.4. The Morgan fingerprint density at radius 3 is 2.29 bits per heavy atom. The van der Waals surface area contributed by atoms with Gasteiger partial charge in [0.2, 0.25) is 0 Å². The largest absolute Gasteiger partial charge is 0.419 e. The van der Waals surface area contributed by atoms with E-state index in [1.165, 1.54) is 0 Å². The van der Waals surface area contributed by atoms with Crippen LogP contribution >= 0.6 is 0 Å². The molecule has 1 atom stereocenters. The molecule has 2 aromatic rings. The summed E-state index contributed by atoms with van der Waals surface area (Å²) in [6.45, 7) is 1.93. The molecule has 3 rings (SSSR count). The second-order valence-corrected chi connectivity index (χ2v) is 8.55. The molecular weight excluding hydrogens is 452 g/mol. The smallest absolute Gasteiger partial charge is 0.399 e. The predicted molar refractivity (Wildman–Crippen MR) is 120 cm³/mol. The van der Waals surface area contributed by atoms with Crippen molar-refractivity contribution in [1.29, 1.82) is 0 Å². The summed E-state index contributed by atoms with van der Waals surface area (Å²) in [6.07, 6.45) is -3.43. The van der Waals surface area contributed by atoms with Crippen molar-refractivity contribution in [3.8, 4) is 0 Å². The van der Waals surface area contributed by atoms with Crippen LogP contribution in [0, 0.1) is 11.2 Å². The van der Waals surface area contributed by atoms with Crippen LogP contribution in [0.25, 0.3) is 0 Å². The minimum absolute atomic E-state index is 0.0389. The normalized spacial score (nSPS) is 17.1. The summed E-state index contributed by atoms with van der Waals surface area (Å²) in [7, 11) is 0. The highest BCUT2D eigenvalue weighted by Gasteiger charge is 2.46. The van der Waals surface area contributed by atoms with Crippen LogP contribution in [0.3, 0.4) is 0 Å². The van der Waals surface area contributed by atoms with E-state index in [0.717, 1.165) is 17.7 Å². The Morgan fingerprint density at radius 2 is 1.76 bits per heavy atom. The minimum atomic E-state index is -4.82. The van der Waals surface area contributed by atoms with Crippen LogP contribution in [0.15, 0.2) is 64.8 Å². The molecule has 0 saturated heterocycles. The summed E-state index contributed by atoms with van der Waals surface area (Å²) in [5.41, 5.74) is 16.6. The zero-order valence-corrected chi connectivity index (χ0v) is 18.5. The first-order valence-electron chi connectivity index (χ1n) is 10.5. The van der Waals surface area contributed by atoms with Gasteiger partial charge in [0, 0.05) is 0 Å². The quantitative estimate of drug-likeness (QED) is 0.219. The van der Waals surface area contributed by atoms with Gasteiger partial charge in [0.1, 0.15) is 17.2 Å². The zero-order chi connectivity index (χ0) is 25.1. The number of hydrogen-bond acceptors (Lipinski definition) is 4. The number of benzene rings is 2. The molecule has 1 amide bonds. The summed E-state index contributed by atoms with van der Waals surface area (Å²) in [6, 6.07) is 11.1. The number of ether oxygens (including phenoxy) is 1. The lowest BCUT2D eigenvalue weighted by Crippen LogP contribution is -2.32. The maximum absolute atomic E-state index is 14.2. The van der Waals surface area contributed by atoms with Crippen LogP contribution in [0.1, 0.15) is 42.5 Å². The molecule has 182 valence electrons. The van der Waals surface area contributed by atoms with Crippen LogP contribution in [0.4, 0.5) is 17.6 Å². The number of carbonyl (C=O) groups is 1. The van der Waals surface area contributed by atoms with Crippen LogP contribution in [-0.4, -0.2) is 18.3 Å². The van der Waals surface area contributed by atoms with E-state index in [1.54, 1.807) is 0 Å². The van der Waals surface area contributed by atoms with Gasteiger partial charge >= 0.3 is 6.18 Å². The number of carbonyl (C=O) groups excluding carboxylic acids is 1. The van der Waals surface area contributed by atoms with E-state index in [1.807, 2.05) is 37.3 Å². The molecule has 1 aliphatic rings. The first-order valence-corrected chi connectivity index (χ1v) is 10.5. The number of primary amides is 1. The van der Waals surface area contributed by atoms with Gasteiger partial charge in [0.25, 0.3) is 5.91 Å². The molecule has 1 aliphatic carbocycles. The van der Waals surface area contributed by atoms with E-state index in [4.69, 9.17) is 21.9 Å². The number of rotatable bonds is 9. The zero-order valence-electron chi connectivity index (χ0n) is 18.5. The molecule has 0 radical (unpaired) electrons. The molecule has 1 unspecified atom stereocenters. The second kappa shape index (κ2) is 9.84. The molecule has 0 bridgehead atoms. The van der Waals surface area contributed by atoms with Gasteiger partial charge in [-0.1, -0.05) is 43.3 Å². The van der Waals surface area contributed by atoms with Crippen molar-refractivity contribution in [3.63, 3.8) is 0 Å². The van der Waals surface area contributed by atoms with Crippen LogP contribution in [-0.2, 0) is 22.3 Å². The number of hydrogen-bond donors (Lipinski definition) is 3. The van der Waals surface area contributed by atoms with Gasteiger partial charge in [-0.2, -0.15) is 13.2 Å². The third-order valence-electron chi connectivity index (χ3n) is 5.77. The maximum atomic E-state index is 14.2. The van der Waals surface area contributed by atoms with E-state index < -0.39 is 34.9 Å². The fraction of sp³-hybridized carbons (Fsp3) is 0.333. The van der Waals surface area contributed by atoms with E-state index in [9.17, 15) is 22.4 Å². The summed E-state index contributed by atoms with van der Waals surface area (Å²) in [5.74, 6) is -2.63. The number of amidine groups is 1. The van der Waals surface area contributed by atoms with Crippen LogP contribution in [0.5, 0.6) is 0 Å². The molecule has 1 fully saturated rings. The summed E-state index contributed by atoms with van der Waals surface area (Å²) < 4.78 is 58.6. The van der Waals surface area contributed by atoms with Gasteiger partial charge in [-0.3, -0.25) is 9.79 Å². The van der Waals surface area contributed by atoms with Crippen molar-refractivity contribution in [2.75, 3.05) is 6.61 Å². The molecule has 0 aromatic heterocycles. The summed E-state index contributed by atoms with van der Waals surface area (Å²) in [4.78, 5) is 16.5. The maximum Gasteiger partial charge on any atom is 0.419 e. The van der Waals surface area contributed by atoms with E-state index >= 15 is 0 Å². The SMILES string of the molecule is CC1(C(N=C(N)C(C(N)=O)=C(N)COCc2ccccc2)c2ccc(C(F)(F)F)c(F)c2)CC1. The average molecular weight is 478 g/mol. The summed E-state index contributed by atoms with van der Waals surface area (Å²) in [5, 5.41) is 0. The molecule has 6 nitrogen and oxygen atoms in total. The van der Waals surface area contributed by atoms with E-state index in [-0.39, 0.29) is 35.9 Å². The van der Waals surface area contributed by atoms with E-state index in [2.05, 4.69) is 4.99 Å². The average Bonchev–Trinajstić information content (AvgIpc) is 3.49. The van der Waals surface area contributed by atoms with Gasteiger partial charge in [-0.15, -0.1) is 0 Å². The molecule has 1 saturated carbocycles. The van der Waals surface area contributed by atoms with Crippen molar-refractivity contribution in [2.45, 2.75) is 38.6 Å². The van der Waals surface area contributed by atoms with Crippen LogP contribution in [0.2, 0.25) is 0 Å². The van der Waals surface area contributed by atoms with Crippen molar-refractivity contribution in [2.24, 2.45) is 27.6 Å². The Kier molecular flexibility index (Phi) is 7.30. The Bertz CT molecular complexity index is 1110. The molecule has 0 aliphatic heterocycles. The van der Waals surface area contributed by atoms with Gasteiger partial charge in [0.05, 0.1) is 30.5 Å². The van der Waals surface area contributed by atoms with Gasteiger partial charge in [0.15, 0.2) is 0 Å². The van der Waals surface area contributed by atoms with Gasteiger partial charge in [-0.25, -0.2) is 4.39 Å². The molecule has 34 heavy (non-hydrogen) atoms. The topological polar surface area (TPSA) is 117 Å². The number of alkyl halides is 3. The van der Waals surface area contributed by atoms with Crippen molar-refractivity contribution < 1.29 is 27.1 Å². The van der Waals surface area contributed by atoms with Gasteiger partial charge in [-0.05, 0) is 41.5 Å². The number of nitrogens with two attached hydrogens (primary N) is 3. The molecule has 2 aromatic carbocycles. The highest BCUT2D eigenvalue weighted by molar-refractivity contribution is 6.20. The number of halogens is 4. The van der Waals surface area contributed by atoms with E-state index in [0.29, 0.717) is 18.9 Å². The Morgan fingerprint density at radius 1 is 1.12 bits per heavy atom. The van der Waals surface area contributed by atoms with Crippen LogP contribution < -0.4 is 17.2 Å². The fourth-order valence-corrected chi connectivity index (χ4v) is 3.61. The Balaban J connectivity index is 1.88. The van der Waals surface area contributed by atoms with Crippen molar-refractivity contribution in [3.05, 3.63) is 82.3 Å². The fourth-order valence-electron chi connectivity index (χ4n) is 3.61. The Labute approximate surface area is 194 Å². The van der Waals surface area contributed by atoms with Crippen molar-refractivity contribution >= 4 is 11.7 Å². The molecule has 10 heteroatoms. The second-order valence-electron chi connectivity index (χ2n) is 8.55. The first kappa shape index (κ1) is 25.2. The molecule has 0 heterocycles. The molecular formula is C24H26F4N4O2. The highest BCUT2D eigenvalue weighted by Crippen LogP contribution is 2.56. The monoisotopic (exact) mass is 478 g/mol. The number of nitrogens with zero attached hydrogens (tertiary/aromatic N) is 1. The number of amides is 1. The summed E-state index contributed by atoms with van der Waals surface area (Å²) >= 11 is 0. The Hall–Kier alpha value is -3.40. The molecule has 6 N–H and O–H groups in total. The first-order chi connectivity index (χ1) is 15.9. The molecule has 0 spiro atoms. The third kappa shape index (κ3) is 5.93. The lowest BCUT2D eigenvalue weighted by atomic mass is 9.91. The standard InChI is InChI=1S/C24H26F4N4O2/c1-23(9-10-23)20(15-7-8-16(17(25)11-15)24(26,27)28)32-21(30)19(22(31)33)18(29)13-34-12-14-5-3-2-4-6-14/h2-8,11,20H,9-10,12-13,29H2,1H3,(H2,30,32)(H2,31,33). The third-order valence-corrected chi connectivity index (χ3v) is 5.77. The predicted octanol–water partition coefficient (Wildman–Crippen LogP) is 3.96. The minimum Gasteiger partial charge on any atom is -0.399 e.